The molecule has 0 bridgehead atoms. The van der Waals surface area contributed by atoms with E-state index in [2.05, 4.69) is 17.2 Å². The van der Waals surface area contributed by atoms with Crippen LogP contribution in [0, 0.1) is 11.6 Å². The molecule has 0 fully saturated rings. The highest BCUT2D eigenvalue weighted by molar-refractivity contribution is 5.85. The van der Waals surface area contributed by atoms with E-state index in [0.717, 1.165) is 31.4 Å². The summed E-state index contributed by atoms with van der Waals surface area (Å²) in [5.41, 5.74) is 5.79. The molecule has 152 valence electrons. The van der Waals surface area contributed by atoms with Crippen molar-refractivity contribution in [1.82, 2.24) is 10.3 Å². The lowest BCUT2D eigenvalue weighted by molar-refractivity contribution is -0.121. The molecule has 1 aromatic heterocycles. The third-order valence-electron chi connectivity index (χ3n) is 3.87. The molecule has 0 saturated carbocycles. The highest BCUT2D eigenvalue weighted by Gasteiger charge is 2.14. The number of halogens is 4. The monoisotopic (exact) mass is 423 g/mol. The van der Waals surface area contributed by atoms with Crippen molar-refractivity contribution in [2.45, 2.75) is 45.1 Å². The van der Waals surface area contributed by atoms with Gasteiger partial charge in [-0.2, -0.15) is 0 Å². The van der Waals surface area contributed by atoms with Crippen LogP contribution in [0.3, 0.4) is 0 Å². The molecule has 9 heteroatoms. The minimum absolute atomic E-state index is 0. The first-order valence-corrected chi connectivity index (χ1v) is 8.43. The molecule has 0 aliphatic rings. The van der Waals surface area contributed by atoms with Crippen molar-refractivity contribution in [3.05, 3.63) is 41.9 Å². The summed E-state index contributed by atoms with van der Waals surface area (Å²) in [7, 11) is 0. The number of carbonyl (C=O) groups excluding carboxylic acids is 1. The maximum atomic E-state index is 13.7. The van der Waals surface area contributed by atoms with Gasteiger partial charge in [0.2, 0.25) is 5.91 Å². The van der Waals surface area contributed by atoms with Crippen molar-refractivity contribution in [3.8, 4) is 11.3 Å². The number of carbonyl (C=O) groups is 1. The Labute approximate surface area is 169 Å². The standard InChI is InChI=1S/C18H23F2N3O2.2ClH/c1-2-3-4-13(10-21)23-17(24)7-8-18-22-11-16(25-18)14-6-5-12(19)9-15(14)20;;/h5-6,9,11,13H,2-4,7-8,10,21H2,1H3,(H,23,24);2*1H. The van der Waals surface area contributed by atoms with E-state index in [-0.39, 0.29) is 54.5 Å². The smallest absolute Gasteiger partial charge is 0.220 e. The van der Waals surface area contributed by atoms with Gasteiger partial charge in [0.1, 0.15) is 11.6 Å². The molecular weight excluding hydrogens is 399 g/mol. The number of rotatable bonds is 9. The van der Waals surface area contributed by atoms with Crippen molar-refractivity contribution in [3.63, 3.8) is 0 Å². The van der Waals surface area contributed by atoms with Gasteiger partial charge in [0.25, 0.3) is 0 Å². The Balaban J connectivity index is 0.00000338. The van der Waals surface area contributed by atoms with E-state index >= 15 is 0 Å². The molecular formula is C18H25Cl2F2N3O2. The van der Waals surface area contributed by atoms with E-state index < -0.39 is 11.6 Å². The molecule has 5 nitrogen and oxygen atoms in total. The number of aryl methyl sites for hydroxylation is 1. The predicted octanol–water partition coefficient (Wildman–Crippen LogP) is 4.03. The van der Waals surface area contributed by atoms with Crippen LogP contribution in [0.5, 0.6) is 0 Å². The summed E-state index contributed by atoms with van der Waals surface area (Å²) in [6.07, 6.45) is 4.77. The zero-order valence-electron chi connectivity index (χ0n) is 15.0. The van der Waals surface area contributed by atoms with Gasteiger partial charge in [-0.15, -0.1) is 24.8 Å². The Bertz CT molecular complexity index is 714. The van der Waals surface area contributed by atoms with Crippen LogP contribution in [0.2, 0.25) is 0 Å². The van der Waals surface area contributed by atoms with Crippen LogP contribution in [-0.2, 0) is 11.2 Å². The molecule has 0 aliphatic heterocycles. The van der Waals surface area contributed by atoms with Crippen molar-refractivity contribution < 1.29 is 18.0 Å². The number of amides is 1. The number of unbranched alkanes of at least 4 members (excludes halogenated alkanes) is 1. The molecule has 0 saturated heterocycles. The molecule has 2 aromatic rings. The van der Waals surface area contributed by atoms with Gasteiger partial charge in [0.15, 0.2) is 11.7 Å². The van der Waals surface area contributed by atoms with Gasteiger partial charge in [-0.25, -0.2) is 13.8 Å². The maximum absolute atomic E-state index is 13.7. The molecule has 1 amide bonds. The maximum Gasteiger partial charge on any atom is 0.220 e. The minimum Gasteiger partial charge on any atom is -0.441 e. The van der Waals surface area contributed by atoms with E-state index in [1.165, 1.54) is 12.3 Å². The first-order chi connectivity index (χ1) is 12.0. The zero-order chi connectivity index (χ0) is 18.2. The van der Waals surface area contributed by atoms with Gasteiger partial charge in [-0.1, -0.05) is 19.8 Å². The largest absolute Gasteiger partial charge is 0.441 e. The van der Waals surface area contributed by atoms with E-state index in [1.54, 1.807) is 0 Å². The Kier molecular flexibility index (Phi) is 11.8. The molecule has 1 unspecified atom stereocenters. The molecule has 3 N–H and O–H groups in total. The fourth-order valence-electron chi connectivity index (χ4n) is 2.46. The van der Waals surface area contributed by atoms with Crippen LogP contribution >= 0.6 is 24.8 Å². The topological polar surface area (TPSA) is 81.1 Å². The fourth-order valence-corrected chi connectivity index (χ4v) is 2.46. The number of benzene rings is 1. The lowest BCUT2D eigenvalue weighted by Gasteiger charge is -2.16. The minimum atomic E-state index is -0.720. The highest BCUT2D eigenvalue weighted by atomic mass is 35.5. The normalized spacial score (nSPS) is 11.3. The summed E-state index contributed by atoms with van der Waals surface area (Å²) < 4.78 is 32.1. The van der Waals surface area contributed by atoms with Gasteiger partial charge >= 0.3 is 0 Å². The molecule has 0 spiro atoms. The van der Waals surface area contributed by atoms with Gasteiger partial charge in [0.05, 0.1) is 11.8 Å². The van der Waals surface area contributed by atoms with Crippen LogP contribution in [0.25, 0.3) is 11.3 Å². The van der Waals surface area contributed by atoms with Gasteiger partial charge in [-0.05, 0) is 18.6 Å². The third kappa shape index (κ3) is 7.82. The van der Waals surface area contributed by atoms with Crippen LogP contribution < -0.4 is 11.1 Å². The second-order valence-corrected chi connectivity index (χ2v) is 5.88. The average Bonchev–Trinajstić information content (AvgIpc) is 3.05. The molecule has 1 atom stereocenters. The number of nitrogens with zero attached hydrogens (tertiary/aromatic N) is 1. The number of aromatic nitrogens is 1. The van der Waals surface area contributed by atoms with Crippen LogP contribution in [0.1, 0.15) is 38.5 Å². The lowest BCUT2D eigenvalue weighted by Crippen LogP contribution is -2.40. The van der Waals surface area contributed by atoms with Crippen molar-refractivity contribution in [2.24, 2.45) is 5.73 Å². The van der Waals surface area contributed by atoms with Crippen molar-refractivity contribution in [1.29, 1.82) is 0 Å². The Hall–Kier alpha value is -1.70. The number of hydrogen-bond donors (Lipinski definition) is 2. The van der Waals surface area contributed by atoms with Crippen LogP contribution in [-0.4, -0.2) is 23.5 Å². The summed E-state index contributed by atoms with van der Waals surface area (Å²) in [4.78, 5) is 16.0. The number of oxazole rings is 1. The predicted molar refractivity (Wildman–Crippen MR) is 105 cm³/mol. The van der Waals surface area contributed by atoms with E-state index in [1.807, 2.05) is 0 Å². The lowest BCUT2D eigenvalue weighted by atomic mass is 10.1. The summed E-state index contributed by atoms with van der Waals surface area (Å²) in [5.74, 6) is -0.973. The summed E-state index contributed by atoms with van der Waals surface area (Å²) in [6, 6.07) is 3.20. The average molecular weight is 424 g/mol. The molecule has 2 rings (SSSR count). The molecule has 27 heavy (non-hydrogen) atoms. The summed E-state index contributed by atoms with van der Waals surface area (Å²) in [6.45, 7) is 2.48. The molecule has 0 aliphatic carbocycles. The second-order valence-electron chi connectivity index (χ2n) is 5.88. The number of hydrogen-bond acceptors (Lipinski definition) is 4. The third-order valence-corrected chi connectivity index (χ3v) is 3.87. The number of nitrogens with two attached hydrogens (primary N) is 1. The van der Waals surface area contributed by atoms with Crippen LogP contribution in [0.4, 0.5) is 8.78 Å². The Morgan fingerprint density at radius 3 is 2.70 bits per heavy atom. The quantitative estimate of drug-likeness (QED) is 0.637. The summed E-state index contributed by atoms with van der Waals surface area (Å²) >= 11 is 0. The Morgan fingerprint density at radius 1 is 1.33 bits per heavy atom. The Morgan fingerprint density at radius 2 is 2.07 bits per heavy atom. The van der Waals surface area contributed by atoms with Gasteiger partial charge in [-0.3, -0.25) is 4.79 Å². The van der Waals surface area contributed by atoms with Gasteiger partial charge < -0.3 is 15.5 Å². The first-order valence-electron chi connectivity index (χ1n) is 8.43. The SMILES string of the molecule is CCCCC(CN)NC(=O)CCc1ncc(-c2ccc(F)cc2F)o1.Cl.Cl. The van der Waals surface area contributed by atoms with Gasteiger partial charge in [0, 0.05) is 31.5 Å². The molecule has 1 aromatic carbocycles. The fraction of sp³-hybridized carbons (Fsp3) is 0.444. The zero-order valence-corrected chi connectivity index (χ0v) is 16.7. The summed E-state index contributed by atoms with van der Waals surface area (Å²) in [5, 5.41) is 2.89. The molecule has 0 radical (unpaired) electrons. The number of nitrogens with one attached hydrogen (secondary N) is 1. The van der Waals surface area contributed by atoms with Crippen LogP contribution in [0.15, 0.2) is 28.8 Å². The van der Waals surface area contributed by atoms with E-state index in [0.29, 0.717) is 18.9 Å². The molecule has 1 heterocycles. The second kappa shape index (κ2) is 12.6. The van der Waals surface area contributed by atoms with E-state index in [4.69, 9.17) is 10.2 Å². The highest BCUT2D eigenvalue weighted by Crippen LogP contribution is 2.24. The van der Waals surface area contributed by atoms with Crippen molar-refractivity contribution in [2.75, 3.05) is 6.54 Å². The van der Waals surface area contributed by atoms with Crippen molar-refractivity contribution >= 4 is 30.7 Å². The van der Waals surface area contributed by atoms with E-state index in [9.17, 15) is 13.6 Å². The first kappa shape index (κ1) is 25.3.